The van der Waals surface area contributed by atoms with E-state index in [9.17, 15) is 19.2 Å². The van der Waals surface area contributed by atoms with E-state index in [4.69, 9.17) is 9.84 Å². The number of hydrogen-bond donors (Lipinski definition) is 5. The topological polar surface area (TPSA) is 150 Å². The average molecular weight is 497 g/mol. The molecule has 10 heteroatoms. The molecular formula is C26H32N4O6. The number of amides is 3. The summed E-state index contributed by atoms with van der Waals surface area (Å²) in [4.78, 5) is 51.2. The largest absolute Gasteiger partial charge is 0.465 e. The quantitative estimate of drug-likeness (QED) is 0.286. The molecule has 0 aliphatic carbocycles. The number of nitrogens with one attached hydrogen (secondary N) is 4. The molecule has 0 fully saturated rings. The van der Waals surface area contributed by atoms with Gasteiger partial charge in [0.15, 0.2) is 0 Å². The molecule has 0 bridgehead atoms. The van der Waals surface area contributed by atoms with Crippen LogP contribution in [0.4, 0.5) is 21.0 Å². The lowest BCUT2D eigenvalue weighted by Crippen LogP contribution is -2.35. The second kappa shape index (κ2) is 12.4. The molecule has 0 aliphatic heterocycles. The van der Waals surface area contributed by atoms with Gasteiger partial charge in [0, 0.05) is 29.4 Å². The summed E-state index contributed by atoms with van der Waals surface area (Å²) in [6.07, 6.45) is 2.26. The van der Waals surface area contributed by atoms with Crippen LogP contribution in [0.25, 0.3) is 11.1 Å². The van der Waals surface area contributed by atoms with Gasteiger partial charge in [-0.1, -0.05) is 18.2 Å². The van der Waals surface area contributed by atoms with Crippen molar-refractivity contribution in [2.75, 3.05) is 10.6 Å². The lowest BCUT2D eigenvalue weighted by atomic mass is 10.00. The summed E-state index contributed by atoms with van der Waals surface area (Å²) in [5.41, 5.74) is 0.759. The highest BCUT2D eigenvalue weighted by Crippen LogP contribution is 2.32. The fourth-order valence-electron chi connectivity index (χ4n) is 3.33. The van der Waals surface area contributed by atoms with Crippen molar-refractivity contribution in [1.82, 2.24) is 10.3 Å². The van der Waals surface area contributed by atoms with Crippen molar-refractivity contribution in [1.29, 1.82) is 0 Å². The summed E-state index contributed by atoms with van der Waals surface area (Å²) in [6.45, 7) is 12.5. The summed E-state index contributed by atoms with van der Waals surface area (Å²) >= 11 is 0. The van der Waals surface area contributed by atoms with Gasteiger partial charge in [-0.15, -0.1) is 13.2 Å². The van der Waals surface area contributed by atoms with Gasteiger partial charge in [-0.2, -0.15) is 0 Å². The van der Waals surface area contributed by atoms with E-state index in [1.165, 1.54) is 18.2 Å². The fraction of sp³-hybridized carbons (Fsp3) is 0.308. The number of rotatable bonds is 10. The molecule has 0 spiro atoms. The Morgan fingerprint density at radius 1 is 1.11 bits per heavy atom. The predicted molar refractivity (Wildman–Crippen MR) is 139 cm³/mol. The predicted octanol–water partition coefficient (Wildman–Crippen LogP) is 5.18. The summed E-state index contributed by atoms with van der Waals surface area (Å²) in [7, 11) is 0. The van der Waals surface area contributed by atoms with E-state index in [0.29, 0.717) is 35.3 Å². The highest BCUT2D eigenvalue weighted by Gasteiger charge is 2.21. The number of benzene rings is 1. The van der Waals surface area contributed by atoms with E-state index < -0.39 is 29.4 Å². The van der Waals surface area contributed by atoms with E-state index in [-0.39, 0.29) is 18.0 Å². The number of pyridine rings is 1. The Balaban J connectivity index is 2.51. The van der Waals surface area contributed by atoms with Crippen LogP contribution in [-0.2, 0) is 9.53 Å². The molecule has 1 aromatic heterocycles. The summed E-state index contributed by atoms with van der Waals surface area (Å²) in [5.74, 6) is -0.301. The van der Waals surface area contributed by atoms with E-state index in [2.05, 4.69) is 34.1 Å². The van der Waals surface area contributed by atoms with Crippen LogP contribution in [0.15, 0.2) is 60.4 Å². The second-order valence-corrected chi connectivity index (χ2v) is 8.98. The third-order valence-corrected chi connectivity index (χ3v) is 4.77. The van der Waals surface area contributed by atoms with E-state index in [1.807, 2.05) is 0 Å². The van der Waals surface area contributed by atoms with Gasteiger partial charge in [0.05, 0.1) is 11.7 Å². The molecule has 0 saturated heterocycles. The van der Waals surface area contributed by atoms with Crippen LogP contribution in [0.1, 0.15) is 51.8 Å². The number of anilines is 2. The van der Waals surface area contributed by atoms with Gasteiger partial charge in [-0.05, 0) is 57.4 Å². The van der Waals surface area contributed by atoms with E-state index in [1.54, 1.807) is 45.1 Å². The molecule has 192 valence electrons. The fourth-order valence-corrected chi connectivity index (χ4v) is 3.33. The number of aromatic amines is 1. The zero-order valence-corrected chi connectivity index (χ0v) is 20.6. The van der Waals surface area contributed by atoms with E-state index >= 15 is 0 Å². The average Bonchev–Trinajstić information content (AvgIpc) is 2.75. The van der Waals surface area contributed by atoms with Crippen LogP contribution in [0, 0.1) is 0 Å². The Morgan fingerprint density at radius 2 is 1.83 bits per heavy atom. The number of carbonyl (C=O) groups is 3. The van der Waals surface area contributed by atoms with Gasteiger partial charge in [0.25, 0.3) is 0 Å². The normalized spacial score (nSPS) is 11.6. The molecule has 36 heavy (non-hydrogen) atoms. The Kier molecular flexibility index (Phi) is 9.60. The number of carbonyl (C=O) groups excluding carboxylic acids is 2. The molecule has 1 atom stereocenters. The highest BCUT2D eigenvalue weighted by molar-refractivity contribution is 5.97. The van der Waals surface area contributed by atoms with Crippen molar-refractivity contribution in [2.24, 2.45) is 0 Å². The molecule has 1 aromatic carbocycles. The Bertz CT molecular complexity index is 1200. The van der Waals surface area contributed by atoms with Crippen molar-refractivity contribution in [2.45, 2.75) is 51.7 Å². The first-order valence-electron chi connectivity index (χ1n) is 11.3. The van der Waals surface area contributed by atoms with Crippen molar-refractivity contribution in [3.8, 4) is 11.1 Å². The minimum atomic E-state index is -1.26. The number of hydrogen-bond acceptors (Lipinski definition) is 5. The zero-order chi connectivity index (χ0) is 26.9. The van der Waals surface area contributed by atoms with Crippen LogP contribution >= 0.6 is 0 Å². The van der Waals surface area contributed by atoms with Gasteiger partial charge in [-0.25, -0.2) is 9.59 Å². The maximum Gasteiger partial charge on any atom is 0.409 e. The monoisotopic (exact) mass is 496 g/mol. The highest BCUT2D eigenvalue weighted by atomic mass is 16.6. The van der Waals surface area contributed by atoms with Gasteiger partial charge in [0.2, 0.25) is 11.5 Å². The number of alkyl carbamates (subject to hydrolysis) is 1. The Morgan fingerprint density at radius 3 is 2.44 bits per heavy atom. The molecule has 10 nitrogen and oxygen atoms in total. The van der Waals surface area contributed by atoms with Gasteiger partial charge in [-0.3, -0.25) is 14.9 Å². The SMILES string of the molecule is C=CCCC(=O)Nc1cc(NC(=O)O)ccc1-c1cc([C@H](CC=C)NC(=O)OC(C)(C)C)[nH]c(=O)c1. The molecule has 2 aromatic rings. The zero-order valence-electron chi connectivity index (χ0n) is 20.6. The molecule has 2 rings (SSSR count). The molecule has 0 aliphatic rings. The third-order valence-electron chi connectivity index (χ3n) is 4.77. The lowest BCUT2D eigenvalue weighted by molar-refractivity contribution is -0.116. The van der Waals surface area contributed by atoms with Gasteiger partial charge >= 0.3 is 12.2 Å². The van der Waals surface area contributed by atoms with Crippen LogP contribution in [0.3, 0.4) is 0 Å². The minimum Gasteiger partial charge on any atom is -0.465 e. The third kappa shape index (κ3) is 8.79. The number of aromatic nitrogens is 1. The lowest BCUT2D eigenvalue weighted by Gasteiger charge is -2.23. The smallest absolute Gasteiger partial charge is 0.409 e. The van der Waals surface area contributed by atoms with Crippen LogP contribution in [0.5, 0.6) is 0 Å². The van der Waals surface area contributed by atoms with Crippen molar-refractivity contribution in [3.63, 3.8) is 0 Å². The summed E-state index contributed by atoms with van der Waals surface area (Å²) < 4.78 is 5.34. The Hall–Kier alpha value is -4.34. The molecule has 3 amide bonds. The van der Waals surface area contributed by atoms with Crippen LogP contribution < -0.4 is 21.5 Å². The molecule has 1 heterocycles. The Labute approximate surface area is 209 Å². The first-order valence-corrected chi connectivity index (χ1v) is 11.3. The van der Waals surface area contributed by atoms with Gasteiger partial charge in [0.1, 0.15) is 5.60 Å². The number of allylic oxidation sites excluding steroid dienone is 1. The standard InChI is InChI=1S/C26H32N4O6/c1-6-8-10-22(31)28-20-15-17(27-24(33)34)11-12-18(20)16-13-21(29-23(32)14-16)19(9-7-2)30-25(35)36-26(3,4)5/h6-7,11-15,19,27H,1-2,8-10H2,3-5H3,(H,28,31)(H,29,32)(H,30,35)(H,33,34)/t19-/m0/s1. The number of carboxylic acid groups (broad SMARTS) is 1. The van der Waals surface area contributed by atoms with E-state index in [0.717, 1.165) is 0 Å². The molecule has 0 unspecified atom stereocenters. The van der Waals surface area contributed by atoms with Crippen molar-refractivity contribution >= 4 is 29.5 Å². The van der Waals surface area contributed by atoms with Crippen LogP contribution in [-0.4, -0.2) is 33.8 Å². The van der Waals surface area contributed by atoms with Crippen molar-refractivity contribution in [3.05, 3.63) is 71.7 Å². The molecular weight excluding hydrogens is 464 g/mol. The van der Waals surface area contributed by atoms with Crippen LogP contribution in [0.2, 0.25) is 0 Å². The van der Waals surface area contributed by atoms with Crippen molar-refractivity contribution < 1.29 is 24.2 Å². The maximum atomic E-state index is 12.6. The van der Waals surface area contributed by atoms with Gasteiger partial charge < -0.3 is 25.5 Å². The molecule has 5 N–H and O–H groups in total. The number of H-pyrrole nitrogens is 1. The first-order chi connectivity index (χ1) is 16.9. The summed E-state index contributed by atoms with van der Waals surface area (Å²) in [5, 5.41) is 16.8. The second-order valence-electron chi connectivity index (χ2n) is 8.98. The number of ether oxygens (including phenoxy) is 1. The summed E-state index contributed by atoms with van der Waals surface area (Å²) in [6, 6.07) is 6.97. The first kappa shape index (κ1) is 27.9. The minimum absolute atomic E-state index is 0.182. The molecule has 0 radical (unpaired) electrons. The maximum absolute atomic E-state index is 12.6. The molecule has 0 saturated carbocycles.